The number of nitrogens with zero attached hydrogens (tertiary/aromatic N) is 2. The van der Waals surface area contributed by atoms with Gasteiger partial charge in [0, 0.05) is 45.8 Å². The summed E-state index contributed by atoms with van der Waals surface area (Å²) in [6.45, 7) is 4.98. The largest absolute Gasteiger partial charge is 0.497 e. The summed E-state index contributed by atoms with van der Waals surface area (Å²) in [5.74, 6) is 0.387. The van der Waals surface area contributed by atoms with Crippen molar-refractivity contribution in [3.05, 3.63) is 54.1 Å². The van der Waals surface area contributed by atoms with Gasteiger partial charge in [-0.1, -0.05) is 24.3 Å². The molecule has 0 aromatic heterocycles. The van der Waals surface area contributed by atoms with Gasteiger partial charge in [0.2, 0.25) is 0 Å². The molecular formula is C23H30N4O4. The van der Waals surface area contributed by atoms with Crippen LogP contribution in [0.3, 0.4) is 0 Å². The van der Waals surface area contributed by atoms with E-state index < -0.39 is 11.8 Å². The molecule has 2 N–H and O–H groups in total. The van der Waals surface area contributed by atoms with Crippen molar-refractivity contribution in [3.63, 3.8) is 0 Å². The summed E-state index contributed by atoms with van der Waals surface area (Å²) < 4.78 is 10.6. The first-order valence-electron chi connectivity index (χ1n) is 10.4. The molecule has 0 unspecified atom stereocenters. The van der Waals surface area contributed by atoms with Gasteiger partial charge in [-0.25, -0.2) is 0 Å². The Bertz CT molecular complexity index is 864. The lowest BCUT2D eigenvalue weighted by Gasteiger charge is -2.36. The van der Waals surface area contributed by atoms with Gasteiger partial charge < -0.3 is 25.0 Å². The smallest absolute Gasteiger partial charge is 0.309 e. The van der Waals surface area contributed by atoms with Crippen molar-refractivity contribution < 1.29 is 19.1 Å². The summed E-state index contributed by atoms with van der Waals surface area (Å²) in [4.78, 5) is 28.6. The molecule has 0 aliphatic carbocycles. The standard InChI is InChI=1S/C23H30N4O4/c1-30-19-9-7-18(8-10-19)17-25-23(29)22(28)24-11-12-26-13-15-27(16-14-26)20-5-3-4-6-21(20)31-2/h3-10H,11-17H2,1-2H3,(H,24,28)(H,25,29). The summed E-state index contributed by atoms with van der Waals surface area (Å²) in [6.07, 6.45) is 0. The average Bonchev–Trinajstić information content (AvgIpc) is 2.83. The van der Waals surface area contributed by atoms with Crippen LogP contribution in [0.2, 0.25) is 0 Å². The Hall–Kier alpha value is -3.26. The van der Waals surface area contributed by atoms with Crippen LogP contribution in [0, 0.1) is 0 Å². The number of carbonyl (C=O) groups excluding carboxylic acids is 2. The molecule has 31 heavy (non-hydrogen) atoms. The minimum Gasteiger partial charge on any atom is -0.497 e. The molecule has 1 fully saturated rings. The van der Waals surface area contributed by atoms with Gasteiger partial charge in [-0.3, -0.25) is 14.5 Å². The number of hydrogen-bond acceptors (Lipinski definition) is 6. The van der Waals surface area contributed by atoms with Crippen LogP contribution in [0.4, 0.5) is 5.69 Å². The quantitative estimate of drug-likeness (QED) is 0.619. The van der Waals surface area contributed by atoms with Crippen LogP contribution in [0.5, 0.6) is 11.5 Å². The van der Waals surface area contributed by atoms with Gasteiger partial charge in [0.05, 0.1) is 19.9 Å². The van der Waals surface area contributed by atoms with Crippen molar-refractivity contribution in [1.82, 2.24) is 15.5 Å². The van der Waals surface area contributed by atoms with Crippen molar-refractivity contribution in [2.24, 2.45) is 0 Å². The number of hydrogen-bond donors (Lipinski definition) is 2. The molecule has 0 radical (unpaired) electrons. The Balaban J connectivity index is 1.34. The third-order valence-electron chi connectivity index (χ3n) is 5.33. The van der Waals surface area contributed by atoms with E-state index in [-0.39, 0.29) is 0 Å². The van der Waals surface area contributed by atoms with E-state index in [0.717, 1.165) is 48.9 Å². The van der Waals surface area contributed by atoms with Gasteiger partial charge in [0.25, 0.3) is 0 Å². The van der Waals surface area contributed by atoms with Gasteiger partial charge in [-0.15, -0.1) is 0 Å². The summed E-state index contributed by atoms with van der Waals surface area (Å²) >= 11 is 0. The number of rotatable bonds is 8. The number of carbonyl (C=O) groups is 2. The molecule has 0 bridgehead atoms. The maximum atomic E-state index is 12.0. The molecule has 8 nitrogen and oxygen atoms in total. The molecule has 1 heterocycles. The number of benzene rings is 2. The van der Waals surface area contributed by atoms with Crippen LogP contribution in [-0.2, 0) is 16.1 Å². The molecule has 8 heteroatoms. The fourth-order valence-electron chi connectivity index (χ4n) is 3.52. The van der Waals surface area contributed by atoms with Crippen LogP contribution >= 0.6 is 0 Å². The van der Waals surface area contributed by atoms with E-state index in [1.54, 1.807) is 14.2 Å². The fourth-order valence-corrected chi connectivity index (χ4v) is 3.52. The van der Waals surface area contributed by atoms with Gasteiger partial charge >= 0.3 is 11.8 Å². The summed E-state index contributed by atoms with van der Waals surface area (Å²) in [5, 5.41) is 5.33. The SMILES string of the molecule is COc1ccc(CNC(=O)C(=O)NCCN2CCN(c3ccccc3OC)CC2)cc1. The number of anilines is 1. The molecule has 1 aliphatic rings. The first kappa shape index (κ1) is 22.4. The number of para-hydroxylation sites is 2. The Morgan fingerprint density at radius 2 is 1.55 bits per heavy atom. The van der Waals surface area contributed by atoms with Gasteiger partial charge in [0.1, 0.15) is 11.5 Å². The van der Waals surface area contributed by atoms with Crippen molar-refractivity contribution in [3.8, 4) is 11.5 Å². The first-order valence-corrected chi connectivity index (χ1v) is 10.4. The maximum absolute atomic E-state index is 12.0. The van der Waals surface area contributed by atoms with E-state index in [9.17, 15) is 9.59 Å². The average molecular weight is 427 g/mol. The maximum Gasteiger partial charge on any atom is 0.309 e. The molecule has 3 rings (SSSR count). The molecule has 0 spiro atoms. The van der Waals surface area contributed by atoms with E-state index in [2.05, 4.69) is 26.5 Å². The fraction of sp³-hybridized carbons (Fsp3) is 0.391. The zero-order valence-corrected chi connectivity index (χ0v) is 18.1. The third-order valence-corrected chi connectivity index (χ3v) is 5.33. The highest BCUT2D eigenvalue weighted by Gasteiger charge is 2.20. The molecule has 2 aromatic rings. The van der Waals surface area contributed by atoms with E-state index in [1.165, 1.54) is 0 Å². The summed E-state index contributed by atoms with van der Waals surface area (Å²) in [7, 11) is 3.28. The lowest BCUT2D eigenvalue weighted by Crippen LogP contribution is -2.49. The minimum absolute atomic E-state index is 0.293. The first-order chi connectivity index (χ1) is 15.1. The Labute approximate surface area is 183 Å². The van der Waals surface area contributed by atoms with Crippen LogP contribution in [0.25, 0.3) is 0 Å². The zero-order valence-electron chi connectivity index (χ0n) is 18.1. The predicted octanol–water partition coefficient (Wildman–Crippen LogP) is 1.26. The van der Waals surface area contributed by atoms with Crippen molar-refractivity contribution in [2.75, 3.05) is 58.4 Å². The van der Waals surface area contributed by atoms with Crippen LogP contribution in [-0.4, -0.2) is 70.2 Å². The lowest BCUT2D eigenvalue weighted by molar-refractivity contribution is -0.139. The zero-order chi connectivity index (χ0) is 22.1. The van der Waals surface area contributed by atoms with Gasteiger partial charge in [-0.05, 0) is 29.8 Å². The van der Waals surface area contributed by atoms with Crippen molar-refractivity contribution in [2.45, 2.75) is 6.54 Å². The van der Waals surface area contributed by atoms with Crippen molar-refractivity contribution in [1.29, 1.82) is 0 Å². The van der Waals surface area contributed by atoms with Crippen LogP contribution < -0.4 is 25.0 Å². The molecule has 1 saturated heterocycles. The monoisotopic (exact) mass is 426 g/mol. The van der Waals surface area contributed by atoms with Crippen molar-refractivity contribution >= 4 is 17.5 Å². The highest BCUT2D eigenvalue weighted by Crippen LogP contribution is 2.28. The number of amides is 2. The van der Waals surface area contributed by atoms with E-state index in [1.807, 2.05) is 42.5 Å². The predicted molar refractivity (Wildman–Crippen MR) is 119 cm³/mol. The number of piperazine rings is 1. The number of methoxy groups -OCH3 is 2. The molecule has 166 valence electrons. The topological polar surface area (TPSA) is 83.1 Å². The molecule has 2 aromatic carbocycles. The Kier molecular flexibility index (Phi) is 8.12. The number of ether oxygens (including phenoxy) is 2. The molecule has 0 atom stereocenters. The Morgan fingerprint density at radius 1 is 0.871 bits per heavy atom. The minimum atomic E-state index is -0.628. The van der Waals surface area contributed by atoms with Gasteiger partial charge in [0.15, 0.2) is 0 Å². The van der Waals surface area contributed by atoms with Crippen LogP contribution in [0.15, 0.2) is 48.5 Å². The lowest BCUT2D eigenvalue weighted by atomic mass is 10.2. The highest BCUT2D eigenvalue weighted by atomic mass is 16.5. The van der Waals surface area contributed by atoms with E-state index in [4.69, 9.17) is 9.47 Å². The summed E-state index contributed by atoms with van der Waals surface area (Å²) in [6, 6.07) is 15.3. The van der Waals surface area contributed by atoms with Crippen LogP contribution in [0.1, 0.15) is 5.56 Å². The second kappa shape index (κ2) is 11.2. The molecule has 2 amide bonds. The highest BCUT2D eigenvalue weighted by molar-refractivity contribution is 6.35. The number of nitrogens with one attached hydrogen (secondary N) is 2. The molecule has 0 saturated carbocycles. The normalized spacial score (nSPS) is 14.1. The second-order valence-electron chi connectivity index (χ2n) is 7.29. The molecule has 1 aliphatic heterocycles. The molecular weight excluding hydrogens is 396 g/mol. The van der Waals surface area contributed by atoms with E-state index in [0.29, 0.717) is 19.6 Å². The Morgan fingerprint density at radius 3 is 2.23 bits per heavy atom. The second-order valence-corrected chi connectivity index (χ2v) is 7.29. The third kappa shape index (κ3) is 6.36. The van der Waals surface area contributed by atoms with Gasteiger partial charge in [-0.2, -0.15) is 0 Å². The summed E-state index contributed by atoms with van der Waals surface area (Å²) in [5.41, 5.74) is 2.00. The van der Waals surface area contributed by atoms with E-state index >= 15 is 0 Å².